The number of benzene rings is 1. The van der Waals surface area contributed by atoms with Crippen LogP contribution in [0.1, 0.15) is 52.6 Å². The fraction of sp³-hybridized carbons (Fsp3) is 0.600. The second-order valence-electron chi connectivity index (χ2n) is 5.18. The fourth-order valence-corrected chi connectivity index (χ4v) is 2.14. The van der Waals surface area contributed by atoms with Crippen molar-refractivity contribution < 1.29 is 4.74 Å². The first-order valence-electron chi connectivity index (χ1n) is 6.61. The fourth-order valence-electron chi connectivity index (χ4n) is 1.66. The van der Waals surface area contributed by atoms with Crippen LogP contribution in [-0.4, -0.2) is 12.1 Å². The van der Waals surface area contributed by atoms with Gasteiger partial charge in [-0.1, -0.05) is 19.9 Å². The Balaban J connectivity index is 2.86. The molecule has 1 aromatic carbocycles. The van der Waals surface area contributed by atoms with E-state index in [2.05, 4.69) is 68.0 Å². The van der Waals surface area contributed by atoms with E-state index in [0.717, 1.165) is 23.2 Å². The lowest BCUT2D eigenvalue weighted by Crippen LogP contribution is -2.27. The maximum Gasteiger partial charge on any atom is 0.134 e. The zero-order chi connectivity index (χ0) is 13.8. The van der Waals surface area contributed by atoms with E-state index in [4.69, 9.17) is 4.74 Å². The molecule has 0 fully saturated rings. The molecular formula is C15H24BrNO. The topological polar surface area (TPSA) is 21.3 Å². The van der Waals surface area contributed by atoms with Gasteiger partial charge in [-0.05, 0) is 67.4 Å². The van der Waals surface area contributed by atoms with Crippen molar-refractivity contribution >= 4 is 15.9 Å². The SMILES string of the molecule is CCNC(C)c1ccc(OC(C)(C)CC)c(Br)c1. The summed E-state index contributed by atoms with van der Waals surface area (Å²) in [5.41, 5.74) is 1.14. The molecule has 1 N–H and O–H groups in total. The van der Waals surface area contributed by atoms with Gasteiger partial charge >= 0.3 is 0 Å². The average molecular weight is 314 g/mol. The summed E-state index contributed by atoms with van der Waals surface area (Å²) in [5.74, 6) is 0.911. The lowest BCUT2D eigenvalue weighted by Gasteiger charge is -2.26. The Morgan fingerprint density at radius 1 is 1.33 bits per heavy atom. The molecule has 2 nitrogen and oxygen atoms in total. The molecule has 1 atom stereocenters. The Morgan fingerprint density at radius 2 is 2.00 bits per heavy atom. The maximum absolute atomic E-state index is 6.01. The van der Waals surface area contributed by atoms with Crippen LogP contribution in [0.3, 0.4) is 0 Å². The summed E-state index contributed by atoms with van der Waals surface area (Å²) in [7, 11) is 0. The van der Waals surface area contributed by atoms with Crippen LogP contribution in [0.5, 0.6) is 5.75 Å². The molecule has 3 heteroatoms. The van der Waals surface area contributed by atoms with Crippen LogP contribution in [0.15, 0.2) is 22.7 Å². The van der Waals surface area contributed by atoms with Crippen molar-refractivity contribution in [3.05, 3.63) is 28.2 Å². The quantitative estimate of drug-likeness (QED) is 0.822. The van der Waals surface area contributed by atoms with Gasteiger partial charge in [-0.15, -0.1) is 0 Å². The summed E-state index contributed by atoms with van der Waals surface area (Å²) in [6.45, 7) is 11.6. The highest BCUT2D eigenvalue weighted by molar-refractivity contribution is 9.10. The molecular weight excluding hydrogens is 290 g/mol. The highest BCUT2D eigenvalue weighted by Gasteiger charge is 2.18. The number of rotatable bonds is 6. The highest BCUT2D eigenvalue weighted by Crippen LogP contribution is 2.31. The van der Waals surface area contributed by atoms with E-state index < -0.39 is 0 Å². The van der Waals surface area contributed by atoms with Gasteiger partial charge in [0.05, 0.1) is 4.47 Å². The van der Waals surface area contributed by atoms with Crippen LogP contribution in [0.2, 0.25) is 0 Å². The van der Waals surface area contributed by atoms with E-state index in [-0.39, 0.29) is 5.60 Å². The van der Waals surface area contributed by atoms with Gasteiger partial charge in [0, 0.05) is 6.04 Å². The lowest BCUT2D eigenvalue weighted by molar-refractivity contribution is 0.104. The second kappa shape index (κ2) is 6.58. The minimum atomic E-state index is -0.128. The van der Waals surface area contributed by atoms with Gasteiger partial charge in [-0.25, -0.2) is 0 Å². The zero-order valence-electron chi connectivity index (χ0n) is 12.0. The smallest absolute Gasteiger partial charge is 0.134 e. The van der Waals surface area contributed by atoms with Gasteiger partial charge in [0.25, 0.3) is 0 Å². The molecule has 0 heterocycles. The van der Waals surface area contributed by atoms with Crippen molar-refractivity contribution in [2.45, 2.75) is 52.7 Å². The molecule has 0 saturated carbocycles. The average Bonchev–Trinajstić information content (AvgIpc) is 2.32. The van der Waals surface area contributed by atoms with Crippen LogP contribution < -0.4 is 10.1 Å². The van der Waals surface area contributed by atoms with E-state index in [1.54, 1.807) is 0 Å². The van der Waals surface area contributed by atoms with Gasteiger partial charge in [0.2, 0.25) is 0 Å². The monoisotopic (exact) mass is 313 g/mol. The van der Waals surface area contributed by atoms with Crippen LogP contribution in [0.4, 0.5) is 0 Å². The minimum absolute atomic E-state index is 0.128. The van der Waals surface area contributed by atoms with Gasteiger partial charge in [-0.2, -0.15) is 0 Å². The van der Waals surface area contributed by atoms with Crippen molar-refractivity contribution in [1.82, 2.24) is 5.32 Å². The third-order valence-electron chi connectivity index (χ3n) is 3.20. The molecule has 18 heavy (non-hydrogen) atoms. The first kappa shape index (κ1) is 15.5. The first-order chi connectivity index (χ1) is 8.39. The number of hydrogen-bond acceptors (Lipinski definition) is 2. The first-order valence-corrected chi connectivity index (χ1v) is 7.40. The molecule has 0 aliphatic rings. The van der Waals surface area contributed by atoms with E-state index in [9.17, 15) is 0 Å². The third kappa shape index (κ3) is 4.29. The van der Waals surface area contributed by atoms with E-state index in [0.29, 0.717) is 6.04 Å². The predicted octanol–water partition coefficient (Wildman–Crippen LogP) is 4.69. The maximum atomic E-state index is 6.01. The highest BCUT2D eigenvalue weighted by atomic mass is 79.9. The van der Waals surface area contributed by atoms with Crippen molar-refractivity contribution in [2.24, 2.45) is 0 Å². The Bertz CT molecular complexity index is 390. The zero-order valence-corrected chi connectivity index (χ0v) is 13.6. The molecule has 0 aliphatic carbocycles. The van der Waals surface area contributed by atoms with Gasteiger partial charge in [0.15, 0.2) is 0 Å². The Hall–Kier alpha value is -0.540. The normalized spacial score (nSPS) is 13.4. The van der Waals surface area contributed by atoms with Crippen LogP contribution >= 0.6 is 15.9 Å². The third-order valence-corrected chi connectivity index (χ3v) is 3.82. The van der Waals surface area contributed by atoms with E-state index in [1.807, 2.05) is 6.07 Å². The summed E-state index contributed by atoms with van der Waals surface area (Å²) in [5, 5.41) is 3.41. The molecule has 0 radical (unpaired) electrons. The number of ether oxygens (including phenoxy) is 1. The van der Waals surface area contributed by atoms with Crippen molar-refractivity contribution in [1.29, 1.82) is 0 Å². The lowest BCUT2D eigenvalue weighted by atomic mass is 10.1. The molecule has 0 aromatic heterocycles. The summed E-state index contributed by atoms with van der Waals surface area (Å²) >= 11 is 3.60. The van der Waals surface area contributed by atoms with Crippen molar-refractivity contribution in [2.75, 3.05) is 6.54 Å². The summed E-state index contributed by atoms with van der Waals surface area (Å²) in [6, 6.07) is 6.66. The Labute approximate surface area is 119 Å². The van der Waals surface area contributed by atoms with Crippen molar-refractivity contribution in [3.8, 4) is 5.75 Å². The summed E-state index contributed by atoms with van der Waals surface area (Å²) in [4.78, 5) is 0. The van der Waals surface area contributed by atoms with E-state index in [1.165, 1.54) is 5.56 Å². The summed E-state index contributed by atoms with van der Waals surface area (Å²) in [6.07, 6.45) is 0.981. The van der Waals surface area contributed by atoms with Crippen molar-refractivity contribution in [3.63, 3.8) is 0 Å². The molecule has 1 rings (SSSR count). The standard InChI is InChI=1S/C15H24BrNO/c1-6-15(4,5)18-14-9-8-12(10-13(14)16)11(3)17-7-2/h8-11,17H,6-7H2,1-5H3. The molecule has 0 bridgehead atoms. The number of halogens is 1. The largest absolute Gasteiger partial charge is 0.487 e. The van der Waals surface area contributed by atoms with Gasteiger partial charge in [-0.3, -0.25) is 0 Å². The number of nitrogens with one attached hydrogen (secondary N) is 1. The predicted molar refractivity (Wildman–Crippen MR) is 81.2 cm³/mol. The second-order valence-corrected chi connectivity index (χ2v) is 6.04. The Kier molecular flexibility index (Phi) is 5.67. The van der Waals surface area contributed by atoms with Crippen LogP contribution in [0.25, 0.3) is 0 Å². The van der Waals surface area contributed by atoms with Gasteiger partial charge < -0.3 is 10.1 Å². The van der Waals surface area contributed by atoms with Gasteiger partial charge in [0.1, 0.15) is 11.4 Å². The van der Waals surface area contributed by atoms with Crippen LogP contribution in [-0.2, 0) is 0 Å². The molecule has 0 saturated heterocycles. The molecule has 0 aliphatic heterocycles. The molecule has 0 amide bonds. The Morgan fingerprint density at radius 3 is 2.50 bits per heavy atom. The minimum Gasteiger partial charge on any atom is -0.487 e. The molecule has 0 spiro atoms. The molecule has 102 valence electrons. The van der Waals surface area contributed by atoms with Crippen LogP contribution in [0, 0.1) is 0 Å². The molecule has 1 unspecified atom stereocenters. The number of hydrogen-bond donors (Lipinski definition) is 1. The summed E-state index contributed by atoms with van der Waals surface area (Å²) < 4.78 is 7.03. The molecule has 1 aromatic rings. The van der Waals surface area contributed by atoms with E-state index >= 15 is 0 Å².